The summed E-state index contributed by atoms with van der Waals surface area (Å²) in [6.07, 6.45) is 0.613. The highest BCUT2D eigenvalue weighted by molar-refractivity contribution is 7.99. The van der Waals surface area contributed by atoms with Crippen molar-refractivity contribution in [3.05, 3.63) is 47.3 Å². The Hall–Kier alpha value is -2.06. The number of hydrogen-bond acceptors (Lipinski definition) is 5. The lowest BCUT2D eigenvalue weighted by Crippen LogP contribution is -2.14. The normalized spacial score (nSPS) is 18.5. The van der Waals surface area contributed by atoms with Gasteiger partial charge >= 0.3 is 0 Å². The van der Waals surface area contributed by atoms with E-state index in [4.69, 9.17) is 0 Å². The molecule has 1 aliphatic rings. The van der Waals surface area contributed by atoms with E-state index in [1.54, 1.807) is 0 Å². The number of aromatic nitrogens is 3. The van der Waals surface area contributed by atoms with Crippen LogP contribution in [0, 0.1) is 13.8 Å². The SMILES string of the molecule is CCn1c(SCC(=O)c2cc(C)n(C3CCS(=O)(=O)C3)c2C)nc2ccccc21. The Labute approximate surface area is 175 Å². The summed E-state index contributed by atoms with van der Waals surface area (Å²) in [5.74, 6) is 0.731. The van der Waals surface area contributed by atoms with Gasteiger partial charge in [0.25, 0.3) is 0 Å². The van der Waals surface area contributed by atoms with Crippen LogP contribution in [0.4, 0.5) is 0 Å². The van der Waals surface area contributed by atoms with Crippen LogP contribution in [0.2, 0.25) is 0 Å². The minimum atomic E-state index is -2.98. The molecule has 1 aromatic carbocycles. The van der Waals surface area contributed by atoms with Crippen LogP contribution in [0.3, 0.4) is 0 Å². The molecule has 0 aliphatic carbocycles. The Morgan fingerprint density at radius 3 is 2.72 bits per heavy atom. The van der Waals surface area contributed by atoms with Crippen LogP contribution < -0.4 is 0 Å². The van der Waals surface area contributed by atoms with Gasteiger partial charge in [0.05, 0.1) is 28.3 Å². The van der Waals surface area contributed by atoms with E-state index in [1.807, 2.05) is 48.7 Å². The van der Waals surface area contributed by atoms with E-state index in [1.165, 1.54) is 11.8 Å². The molecule has 0 amide bonds. The lowest BCUT2D eigenvalue weighted by Gasteiger charge is -2.16. The molecule has 0 bridgehead atoms. The van der Waals surface area contributed by atoms with E-state index in [9.17, 15) is 13.2 Å². The number of aryl methyl sites for hydroxylation is 2. The maximum absolute atomic E-state index is 13.0. The molecule has 3 aromatic rings. The number of carbonyl (C=O) groups excluding carboxylic acids is 1. The van der Waals surface area contributed by atoms with Crippen LogP contribution in [-0.4, -0.2) is 45.6 Å². The van der Waals surface area contributed by atoms with Crippen LogP contribution in [0.5, 0.6) is 0 Å². The Bertz CT molecular complexity index is 1190. The van der Waals surface area contributed by atoms with Gasteiger partial charge < -0.3 is 9.13 Å². The van der Waals surface area contributed by atoms with Gasteiger partial charge in [0.15, 0.2) is 20.8 Å². The summed E-state index contributed by atoms with van der Waals surface area (Å²) in [4.78, 5) is 17.6. The number of nitrogens with zero attached hydrogens (tertiary/aromatic N) is 3. The number of ketones is 1. The number of para-hydroxylation sites is 2. The van der Waals surface area contributed by atoms with Crippen molar-refractivity contribution in [2.24, 2.45) is 0 Å². The molecule has 154 valence electrons. The summed E-state index contributed by atoms with van der Waals surface area (Å²) in [5.41, 5.74) is 4.49. The zero-order valence-electron chi connectivity index (χ0n) is 16.9. The van der Waals surface area contributed by atoms with Crippen LogP contribution in [-0.2, 0) is 16.4 Å². The topological polar surface area (TPSA) is 74.0 Å². The van der Waals surface area contributed by atoms with Gasteiger partial charge in [0.2, 0.25) is 0 Å². The first-order chi connectivity index (χ1) is 13.8. The Balaban J connectivity index is 1.55. The third kappa shape index (κ3) is 3.75. The Morgan fingerprint density at radius 2 is 2.03 bits per heavy atom. The average molecular weight is 432 g/mol. The van der Waals surface area contributed by atoms with Gasteiger partial charge in [-0.3, -0.25) is 4.79 Å². The summed E-state index contributed by atoms with van der Waals surface area (Å²) in [7, 11) is -2.98. The maximum atomic E-state index is 13.0. The first-order valence-corrected chi connectivity index (χ1v) is 12.6. The largest absolute Gasteiger partial charge is 0.344 e. The highest BCUT2D eigenvalue weighted by Gasteiger charge is 2.31. The minimum absolute atomic E-state index is 0.0462. The van der Waals surface area contributed by atoms with Crippen molar-refractivity contribution in [1.82, 2.24) is 14.1 Å². The van der Waals surface area contributed by atoms with E-state index >= 15 is 0 Å². The van der Waals surface area contributed by atoms with Crippen LogP contribution in [0.1, 0.15) is 41.1 Å². The summed E-state index contributed by atoms with van der Waals surface area (Å²) in [6, 6.07) is 9.81. The molecule has 3 heterocycles. The van der Waals surface area contributed by atoms with Crippen molar-refractivity contribution >= 4 is 38.4 Å². The third-order valence-corrected chi connectivity index (χ3v) is 8.35. The molecule has 2 aromatic heterocycles. The zero-order valence-corrected chi connectivity index (χ0v) is 18.5. The zero-order chi connectivity index (χ0) is 20.8. The van der Waals surface area contributed by atoms with Crippen LogP contribution in [0.15, 0.2) is 35.5 Å². The highest BCUT2D eigenvalue weighted by atomic mass is 32.2. The molecule has 1 atom stereocenters. The molecule has 29 heavy (non-hydrogen) atoms. The third-order valence-electron chi connectivity index (χ3n) is 5.63. The number of carbonyl (C=O) groups is 1. The molecule has 0 radical (unpaired) electrons. The lowest BCUT2D eigenvalue weighted by molar-refractivity contribution is 0.102. The van der Waals surface area contributed by atoms with Crippen molar-refractivity contribution in [2.45, 2.75) is 44.9 Å². The highest BCUT2D eigenvalue weighted by Crippen LogP contribution is 2.30. The predicted octanol–water partition coefficient (Wildman–Crippen LogP) is 3.81. The molecular weight excluding hydrogens is 406 g/mol. The number of benzene rings is 1. The second-order valence-electron chi connectivity index (χ2n) is 7.55. The number of rotatable bonds is 6. The van der Waals surface area contributed by atoms with Crippen molar-refractivity contribution in [1.29, 1.82) is 0 Å². The van der Waals surface area contributed by atoms with Gasteiger partial charge in [-0.25, -0.2) is 13.4 Å². The first-order valence-electron chi connectivity index (χ1n) is 9.81. The monoisotopic (exact) mass is 431 g/mol. The Morgan fingerprint density at radius 1 is 1.28 bits per heavy atom. The van der Waals surface area contributed by atoms with Crippen molar-refractivity contribution in [3.63, 3.8) is 0 Å². The van der Waals surface area contributed by atoms with E-state index < -0.39 is 9.84 Å². The van der Waals surface area contributed by atoms with Crippen LogP contribution >= 0.6 is 11.8 Å². The predicted molar refractivity (Wildman–Crippen MR) is 117 cm³/mol. The number of Topliss-reactive ketones (excluding diaryl/α,β-unsaturated/α-hetero) is 1. The second kappa shape index (κ2) is 7.65. The molecule has 1 unspecified atom stereocenters. The van der Waals surface area contributed by atoms with Gasteiger partial charge in [-0.1, -0.05) is 23.9 Å². The van der Waals surface area contributed by atoms with Gasteiger partial charge in [0, 0.05) is 29.5 Å². The number of thioether (sulfide) groups is 1. The molecule has 8 heteroatoms. The summed E-state index contributed by atoms with van der Waals surface area (Å²) < 4.78 is 27.9. The fourth-order valence-electron chi connectivity index (χ4n) is 4.28. The number of hydrogen-bond donors (Lipinski definition) is 0. The van der Waals surface area contributed by atoms with Gasteiger partial charge in [-0.15, -0.1) is 0 Å². The molecule has 4 rings (SSSR count). The number of imidazole rings is 1. The van der Waals surface area contributed by atoms with E-state index in [0.717, 1.165) is 34.1 Å². The fraction of sp³-hybridized carbons (Fsp3) is 0.429. The van der Waals surface area contributed by atoms with Gasteiger partial charge in [0.1, 0.15) is 0 Å². The summed E-state index contributed by atoms with van der Waals surface area (Å²) >= 11 is 1.45. The van der Waals surface area contributed by atoms with Crippen molar-refractivity contribution in [3.8, 4) is 0 Å². The quantitative estimate of drug-likeness (QED) is 0.438. The lowest BCUT2D eigenvalue weighted by atomic mass is 10.2. The standard InChI is InChI=1S/C21H25N3O3S2/c1-4-23-19-8-6-5-7-18(19)22-21(23)28-12-20(25)17-11-14(2)24(15(17)3)16-9-10-29(26,27)13-16/h5-8,11,16H,4,9-10,12-13H2,1-3H3. The van der Waals surface area contributed by atoms with Crippen molar-refractivity contribution in [2.75, 3.05) is 17.3 Å². The molecule has 6 nitrogen and oxygen atoms in total. The van der Waals surface area contributed by atoms with E-state index in [0.29, 0.717) is 17.7 Å². The Kier molecular flexibility index (Phi) is 5.33. The molecular formula is C21H25N3O3S2. The van der Waals surface area contributed by atoms with Gasteiger partial charge in [-0.2, -0.15) is 0 Å². The first kappa shape index (κ1) is 20.2. The van der Waals surface area contributed by atoms with Crippen molar-refractivity contribution < 1.29 is 13.2 Å². The average Bonchev–Trinajstić information content (AvgIpc) is 3.31. The summed E-state index contributed by atoms with van der Waals surface area (Å²) in [5, 5.41) is 0.845. The molecule has 0 N–H and O–H groups in total. The van der Waals surface area contributed by atoms with Crippen LogP contribution in [0.25, 0.3) is 11.0 Å². The molecule has 1 saturated heterocycles. The fourth-order valence-corrected chi connectivity index (χ4v) is 6.94. The smallest absolute Gasteiger partial charge is 0.175 e. The summed E-state index contributed by atoms with van der Waals surface area (Å²) in [6.45, 7) is 6.72. The van der Waals surface area contributed by atoms with E-state index in [2.05, 4.69) is 16.5 Å². The van der Waals surface area contributed by atoms with E-state index in [-0.39, 0.29) is 23.3 Å². The number of sulfone groups is 1. The maximum Gasteiger partial charge on any atom is 0.175 e. The van der Waals surface area contributed by atoms with Gasteiger partial charge in [-0.05, 0) is 45.4 Å². The molecule has 1 fully saturated rings. The molecule has 0 spiro atoms. The molecule has 1 aliphatic heterocycles. The minimum Gasteiger partial charge on any atom is -0.344 e. The molecule has 0 saturated carbocycles. The number of fused-ring (bicyclic) bond motifs is 1. The second-order valence-corrected chi connectivity index (χ2v) is 10.7.